The molecule has 2 rings (SSSR count). The van der Waals surface area contributed by atoms with Crippen molar-refractivity contribution >= 4 is 0 Å². The van der Waals surface area contributed by atoms with E-state index in [2.05, 4.69) is 11.8 Å². The van der Waals surface area contributed by atoms with Crippen LogP contribution >= 0.6 is 0 Å². The summed E-state index contributed by atoms with van der Waals surface area (Å²) in [5.41, 5.74) is 6.09. The average Bonchev–Trinajstić information content (AvgIpc) is 2.32. The van der Waals surface area contributed by atoms with E-state index < -0.39 is 0 Å². The monoisotopic (exact) mass is 254 g/mol. The molecule has 0 amide bonds. The summed E-state index contributed by atoms with van der Waals surface area (Å²) in [6.07, 6.45) is 10.2. The second-order valence-electron chi connectivity index (χ2n) is 6.08. The van der Waals surface area contributed by atoms with Gasteiger partial charge in [-0.05, 0) is 25.7 Å². The molecule has 0 aromatic rings. The average molecular weight is 254 g/mol. The summed E-state index contributed by atoms with van der Waals surface area (Å²) in [4.78, 5) is 2.60. The molecular weight excluding hydrogens is 224 g/mol. The molecule has 0 bridgehead atoms. The Balaban J connectivity index is 1.92. The van der Waals surface area contributed by atoms with Gasteiger partial charge in [0.25, 0.3) is 0 Å². The normalized spacial score (nSPS) is 30.7. The minimum atomic E-state index is 0.376. The fraction of sp³-hybridized carbons (Fsp3) is 1.00. The lowest BCUT2D eigenvalue weighted by Crippen LogP contribution is -2.52. The summed E-state index contributed by atoms with van der Waals surface area (Å²) in [5.74, 6) is 0.820. The van der Waals surface area contributed by atoms with Crippen LogP contribution < -0.4 is 5.73 Å². The van der Waals surface area contributed by atoms with Crippen molar-refractivity contribution in [3.8, 4) is 0 Å². The summed E-state index contributed by atoms with van der Waals surface area (Å²) in [6.45, 7) is 6.01. The first-order valence-electron chi connectivity index (χ1n) is 7.87. The van der Waals surface area contributed by atoms with E-state index in [9.17, 15) is 0 Å². The van der Waals surface area contributed by atoms with Crippen LogP contribution in [-0.4, -0.2) is 43.3 Å². The molecule has 0 aromatic heterocycles. The van der Waals surface area contributed by atoms with Crippen LogP contribution in [0.3, 0.4) is 0 Å². The number of nitrogens with two attached hydrogens (primary N) is 1. The first-order valence-corrected chi connectivity index (χ1v) is 7.87. The lowest BCUT2D eigenvalue weighted by atomic mass is 9.85. The molecule has 2 aliphatic rings. The molecule has 0 spiro atoms. The van der Waals surface area contributed by atoms with Gasteiger partial charge in [-0.15, -0.1) is 0 Å². The van der Waals surface area contributed by atoms with Crippen molar-refractivity contribution in [2.75, 3.05) is 26.2 Å². The molecule has 1 saturated heterocycles. The maximum absolute atomic E-state index is 6.09. The smallest absolute Gasteiger partial charge is 0.0674 e. The number of ether oxygens (including phenoxy) is 1. The summed E-state index contributed by atoms with van der Waals surface area (Å²) in [6, 6.07) is 0.592. The first kappa shape index (κ1) is 14.3. The van der Waals surface area contributed by atoms with Gasteiger partial charge in [0, 0.05) is 25.7 Å². The molecule has 2 N–H and O–H groups in total. The van der Waals surface area contributed by atoms with Gasteiger partial charge in [0.2, 0.25) is 0 Å². The van der Waals surface area contributed by atoms with E-state index in [0.29, 0.717) is 12.1 Å². The van der Waals surface area contributed by atoms with Crippen molar-refractivity contribution in [2.45, 2.75) is 64.0 Å². The number of morpholine rings is 1. The van der Waals surface area contributed by atoms with E-state index in [-0.39, 0.29) is 0 Å². The Bertz CT molecular complexity index is 227. The SMILES string of the molecule is CC1CN(C(CN)C2CCCCCCC2)CCO1. The molecule has 1 aliphatic carbocycles. The van der Waals surface area contributed by atoms with Crippen LogP contribution in [0.4, 0.5) is 0 Å². The van der Waals surface area contributed by atoms with Gasteiger partial charge in [0.05, 0.1) is 12.7 Å². The second-order valence-corrected chi connectivity index (χ2v) is 6.08. The Morgan fingerprint density at radius 3 is 2.44 bits per heavy atom. The van der Waals surface area contributed by atoms with Crippen molar-refractivity contribution in [1.29, 1.82) is 0 Å². The van der Waals surface area contributed by atoms with Gasteiger partial charge in [-0.3, -0.25) is 4.90 Å². The van der Waals surface area contributed by atoms with E-state index in [1.54, 1.807) is 0 Å². The highest BCUT2D eigenvalue weighted by atomic mass is 16.5. The predicted octanol–water partition coefficient (Wildman–Crippen LogP) is 2.39. The van der Waals surface area contributed by atoms with Crippen molar-refractivity contribution in [1.82, 2.24) is 4.90 Å². The van der Waals surface area contributed by atoms with Gasteiger partial charge in [-0.1, -0.05) is 32.1 Å². The van der Waals surface area contributed by atoms with Crippen molar-refractivity contribution in [2.24, 2.45) is 11.7 Å². The molecule has 1 saturated carbocycles. The predicted molar refractivity (Wildman–Crippen MR) is 75.6 cm³/mol. The Kier molecular flexibility index (Phi) is 5.93. The highest BCUT2D eigenvalue weighted by Gasteiger charge is 2.29. The number of nitrogens with zero attached hydrogens (tertiary/aromatic N) is 1. The fourth-order valence-corrected chi connectivity index (χ4v) is 3.66. The quantitative estimate of drug-likeness (QED) is 0.840. The standard InChI is InChI=1S/C15H30N2O/c1-13-12-17(9-10-18-13)15(11-16)14-7-5-3-2-4-6-8-14/h13-15H,2-12,16H2,1H3. The van der Waals surface area contributed by atoms with Crippen LogP contribution in [-0.2, 0) is 4.74 Å². The Labute approximate surface area is 112 Å². The minimum absolute atomic E-state index is 0.376. The van der Waals surface area contributed by atoms with Gasteiger partial charge in [-0.2, -0.15) is 0 Å². The maximum atomic E-state index is 6.09. The third kappa shape index (κ3) is 3.94. The molecule has 3 nitrogen and oxygen atoms in total. The van der Waals surface area contributed by atoms with Crippen LogP contribution in [0, 0.1) is 5.92 Å². The third-order valence-corrected chi connectivity index (χ3v) is 4.68. The third-order valence-electron chi connectivity index (χ3n) is 4.68. The summed E-state index contributed by atoms with van der Waals surface area (Å²) >= 11 is 0. The molecular formula is C15H30N2O. The van der Waals surface area contributed by atoms with Gasteiger partial charge < -0.3 is 10.5 Å². The molecule has 0 radical (unpaired) electrons. The van der Waals surface area contributed by atoms with Gasteiger partial charge in [0.15, 0.2) is 0 Å². The summed E-state index contributed by atoms with van der Waals surface area (Å²) in [7, 11) is 0. The van der Waals surface area contributed by atoms with E-state index >= 15 is 0 Å². The Morgan fingerprint density at radius 1 is 1.17 bits per heavy atom. The molecule has 2 atom stereocenters. The van der Waals surface area contributed by atoms with Crippen molar-refractivity contribution < 1.29 is 4.74 Å². The molecule has 106 valence electrons. The van der Waals surface area contributed by atoms with E-state index in [4.69, 9.17) is 10.5 Å². The number of rotatable bonds is 3. The van der Waals surface area contributed by atoms with Crippen LogP contribution in [0.1, 0.15) is 51.9 Å². The lowest BCUT2D eigenvalue weighted by molar-refractivity contribution is -0.0437. The van der Waals surface area contributed by atoms with Crippen LogP contribution in [0.15, 0.2) is 0 Å². The topological polar surface area (TPSA) is 38.5 Å². The highest BCUT2D eigenvalue weighted by Crippen LogP contribution is 2.28. The first-order chi connectivity index (χ1) is 8.81. The van der Waals surface area contributed by atoms with E-state index in [1.807, 2.05) is 0 Å². The second kappa shape index (κ2) is 7.46. The fourth-order valence-electron chi connectivity index (χ4n) is 3.66. The molecule has 1 aliphatic heterocycles. The Morgan fingerprint density at radius 2 is 1.83 bits per heavy atom. The van der Waals surface area contributed by atoms with Crippen molar-refractivity contribution in [3.05, 3.63) is 0 Å². The highest BCUT2D eigenvalue weighted by molar-refractivity contribution is 4.84. The zero-order valence-corrected chi connectivity index (χ0v) is 11.9. The molecule has 0 aromatic carbocycles. The molecule has 1 heterocycles. The maximum Gasteiger partial charge on any atom is 0.0674 e. The largest absolute Gasteiger partial charge is 0.376 e. The van der Waals surface area contributed by atoms with Gasteiger partial charge in [-0.25, -0.2) is 0 Å². The summed E-state index contributed by atoms with van der Waals surface area (Å²) < 4.78 is 5.65. The number of hydrogen-bond acceptors (Lipinski definition) is 3. The van der Waals surface area contributed by atoms with E-state index in [1.165, 1.54) is 44.9 Å². The number of hydrogen-bond donors (Lipinski definition) is 1. The Hall–Kier alpha value is -0.120. The van der Waals surface area contributed by atoms with Crippen LogP contribution in [0.2, 0.25) is 0 Å². The summed E-state index contributed by atoms with van der Waals surface area (Å²) in [5, 5.41) is 0. The lowest BCUT2D eigenvalue weighted by Gasteiger charge is -2.41. The van der Waals surface area contributed by atoms with Crippen molar-refractivity contribution in [3.63, 3.8) is 0 Å². The molecule has 2 unspecified atom stereocenters. The zero-order chi connectivity index (χ0) is 12.8. The molecule has 3 heteroatoms. The van der Waals surface area contributed by atoms with Crippen LogP contribution in [0.25, 0.3) is 0 Å². The van der Waals surface area contributed by atoms with E-state index in [0.717, 1.165) is 32.2 Å². The van der Waals surface area contributed by atoms with Gasteiger partial charge in [0.1, 0.15) is 0 Å². The molecule has 18 heavy (non-hydrogen) atoms. The zero-order valence-electron chi connectivity index (χ0n) is 11.9. The molecule has 2 fully saturated rings. The minimum Gasteiger partial charge on any atom is -0.376 e. The van der Waals surface area contributed by atoms with Gasteiger partial charge >= 0.3 is 0 Å². The van der Waals surface area contributed by atoms with Crippen LogP contribution in [0.5, 0.6) is 0 Å².